The molecule has 2 aliphatic rings. The van der Waals surface area contributed by atoms with Crippen LogP contribution >= 0.6 is 0 Å². The lowest BCUT2D eigenvalue weighted by atomic mass is 9.94. The van der Waals surface area contributed by atoms with Crippen LogP contribution in [0.5, 0.6) is 0 Å². The number of amides is 2. The van der Waals surface area contributed by atoms with Gasteiger partial charge in [0.05, 0.1) is 12.1 Å². The molecule has 3 unspecified atom stereocenters. The zero-order valence-electron chi connectivity index (χ0n) is 20.0. The summed E-state index contributed by atoms with van der Waals surface area (Å²) in [6.45, 7) is 2.38. The van der Waals surface area contributed by atoms with Crippen LogP contribution in [0.15, 0.2) is 48.9 Å². The van der Waals surface area contributed by atoms with Crippen molar-refractivity contribution in [1.82, 2.24) is 20.6 Å². The van der Waals surface area contributed by atoms with Crippen molar-refractivity contribution >= 4 is 28.4 Å². The summed E-state index contributed by atoms with van der Waals surface area (Å²) < 4.78 is 0. The predicted molar refractivity (Wildman–Crippen MR) is 135 cm³/mol. The molecular weight excluding hydrogens is 442 g/mol. The van der Waals surface area contributed by atoms with Gasteiger partial charge in [0.15, 0.2) is 0 Å². The minimum absolute atomic E-state index is 0.104. The molecule has 1 saturated heterocycles. The van der Waals surface area contributed by atoms with Gasteiger partial charge in [-0.3, -0.25) is 19.5 Å². The van der Waals surface area contributed by atoms with Crippen LogP contribution in [0.4, 0.5) is 5.69 Å². The van der Waals surface area contributed by atoms with Gasteiger partial charge in [-0.2, -0.15) is 0 Å². The molecule has 2 aromatic heterocycles. The maximum atomic E-state index is 14.0. The zero-order valence-corrected chi connectivity index (χ0v) is 20.0. The summed E-state index contributed by atoms with van der Waals surface area (Å²) in [5.41, 5.74) is 3.29. The molecule has 0 bridgehead atoms. The number of hydrogen-bond acceptors (Lipinski definition) is 5. The summed E-state index contributed by atoms with van der Waals surface area (Å²) in [4.78, 5) is 37.0. The fourth-order valence-corrected chi connectivity index (χ4v) is 5.37. The van der Waals surface area contributed by atoms with Crippen LogP contribution in [0.2, 0.25) is 0 Å². The maximum Gasteiger partial charge on any atom is 0.248 e. The SMILES string of the molecule is Cc1c[nH]c2cc(N(C(=O)C3CC(O)CN3)C(C(=O)NC3CCCCC3)c3cccnc3)ccc12. The van der Waals surface area contributed by atoms with Crippen molar-refractivity contribution in [3.63, 3.8) is 0 Å². The molecule has 4 N–H and O–H groups in total. The Bertz CT molecular complexity index is 1190. The van der Waals surface area contributed by atoms with Crippen LogP contribution < -0.4 is 15.5 Å². The summed E-state index contributed by atoms with van der Waals surface area (Å²) in [6, 6.07) is 8.06. The highest BCUT2D eigenvalue weighted by Gasteiger charge is 2.39. The minimum atomic E-state index is -0.883. The number of benzene rings is 1. The first kappa shape index (κ1) is 23.5. The van der Waals surface area contributed by atoms with Crippen LogP contribution in [0, 0.1) is 6.92 Å². The number of rotatable bonds is 6. The van der Waals surface area contributed by atoms with Gasteiger partial charge in [-0.25, -0.2) is 0 Å². The fraction of sp³-hybridized carbons (Fsp3) is 0.444. The van der Waals surface area contributed by atoms with Crippen LogP contribution in [-0.2, 0) is 9.59 Å². The van der Waals surface area contributed by atoms with E-state index in [2.05, 4.69) is 20.6 Å². The summed E-state index contributed by atoms with van der Waals surface area (Å²) in [5, 5.41) is 17.5. The summed E-state index contributed by atoms with van der Waals surface area (Å²) >= 11 is 0. The number of carbonyl (C=O) groups excluding carboxylic acids is 2. The highest BCUT2D eigenvalue weighted by Crippen LogP contribution is 2.33. The zero-order chi connectivity index (χ0) is 24.4. The fourth-order valence-electron chi connectivity index (χ4n) is 5.37. The summed E-state index contributed by atoms with van der Waals surface area (Å²) in [6.07, 6.45) is 10.2. The number of aromatic amines is 1. The van der Waals surface area contributed by atoms with E-state index in [1.54, 1.807) is 23.4 Å². The smallest absolute Gasteiger partial charge is 0.248 e. The van der Waals surface area contributed by atoms with Crippen molar-refractivity contribution in [1.29, 1.82) is 0 Å². The number of carbonyl (C=O) groups is 2. The van der Waals surface area contributed by atoms with Crippen LogP contribution in [0.3, 0.4) is 0 Å². The van der Waals surface area contributed by atoms with Gasteiger partial charge in [-0.15, -0.1) is 0 Å². The largest absolute Gasteiger partial charge is 0.392 e. The Hall–Kier alpha value is -3.23. The lowest BCUT2D eigenvalue weighted by molar-refractivity contribution is -0.128. The summed E-state index contributed by atoms with van der Waals surface area (Å²) in [7, 11) is 0. The van der Waals surface area contributed by atoms with Crippen molar-refractivity contribution in [2.75, 3.05) is 11.4 Å². The van der Waals surface area contributed by atoms with Crippen molar-refractivity contribution < 1.29 is 14.7 Å². The monoisotopic (exact) mass is 475 g/mol. The third kappa shape index (κ3) is 4.94. The Kier molecular flexibility index (Phi) is 6.83. The molecule has 1 aromatic carbocycles. The number of H-pyrrole nitrogens is 1. The highest BCUT2D eigenvalue weighted by molar-refractivity contribution is 6.05. The first-order chi connectivity index (χ1) is 17.0. The number of β-amino-alcohol motifs (C(OH)–C–C–N with tert-alkyl or cyclic N) is 1. The van der Waals surface area contributed by atoms with E-state index in [-0.39, 0.29) is 17.9 Å². The number of aliphatic hydroxyl groups is 1. The van der Waals surface area contributed by atoms with Crippen LogP contribution in [0.1, 0.15) is 55.7 Å². The van der Waals surface area contributed by atoms with E-state index in [0.717, 1.165) is 42.1 Å². The van der Waals surface area contributed by atoms with Crippen LogP contribution in [0.25, 0.3) is 10.9 Å². The number of anilines is 1. The molecule has 8 nitrogen and oxygen atoms in total. The van der Waals surface area contributed by atoms with Crippen molar-refractivity contribution in [3.8, 4) is 0 Å². The highest BCUT2D eigenvalue weighted by atomic mass is 16.3. The van der Waals surface area contributed by atoms with Gasteiger partial charge in [0.1, 0.15) is 6.04 Å². The lowest BCUT2D eigenvalue weighted by Gasteiger charge is -2.34. The molecule has 5 rings (SSSR count). The van der Waals surface area contributed by atoms with Crippen molar-refractivity contribution in [2.24, 2.45) is 0 Å². The third-order valence-corrected chi connectivity index (χ3v) is 7.25. The van der Waals surface area contributed by atoms with Gasteiger partial charge in [-0.05, 0) is 49.9 Å². The van der Waals surface area contributed by atoms with E-state index in [4.69, 9.17) is 0 Å². The molecule has 1 aliphatic heterocycles. The second-order valence-electron chi connectivity index (χ2n) is 9.79. The number of aromatic nitrogens is 2. The van der Waals surface area contributed by atoms with E-state index < -0.39 is 18.2 Å². The molecule has 3 atom stereocenters. The van der Waals surface area contributed by atoms with Gasteiger partial charge < -0.3 is 20.7 Å². The van der Waals surface area contributed by atoms with Gasteiger partial charge in [-0.1, -0.05) is 31.4 Å². The first-order valence-corrected chi connectivity index (χ1v) is 12.5. The minimum Gasteiger partial charge on any atom is -0.392 e. The normalized spacial score (nSPS) is 21.7. The van der Waals surface area contributed by atoms with E-state index in [1.807, 2.05) is 37.4 Å². The topological polar surface area (TPSA) is 110 Å². The van der Waals surface area contributed by atoms with E-state index in [1.165, 1.54) is 6.42 Å². The molecule has 3 aromatic rings. The number of nitrogens with zero attached hydrogens (tertiary/aromatic N) is 2. The molecule has 1 saturated carbocycles. The lowest BCUT2D eigenvalue weighted by Crippen LogP contribution is -2.51. The average molecular weight is 476 g/mol. The Morgan fingerprint density at radius 1 is 1.20 bits per heavy atom. The molecule has 3 heterocycles. The van der Waals surface area contributed by atoms with E-state index >= 15 is 0 Å². The Morgan fingerprint density at radius 2 is 2.03 bits per heavy atom. The van der Waals surface area contributed by atoms with Crippen molar-refractivity contribution in [3.05, 3.63) is 60.0 Å². The Morgan fingerprint density at radius 3 is 2.74 bits per heavy atom. The van der Waals surface area contributed by atoms with Gasteiger partial charge in [0, 0.05) is 53.3 Å². The standard InChI is InChI=1S/C27H33N5O3/c1-17-14-29-23-12-20(9-10-22(17)23)32(27(35)24-13-21(33)16-30-24)25(18-6-5-11-28-15-18)26(34)31-19-7-3-2-4-8-19/h5-6,9-12,14-15,19,21,24-25,29-30,33H,2-4,7-8,13,16H2,1H3,(H,31,34). The molecule has 35 heavy (non-hydrogen) atoms. The molecule has 184 valence electrons. The maximum absolute atomic E-state index is 14.0. The third-order valence-electron chi connectivity index (χ3n) is 7.25. The summed E-state index contributed by atoms with van der Waals surface area (Å²) in [5.74, 6) is -0.448. The predicted octanol–water partition coefficient (Wildman–Crippen LogP) is 3.12. The number of pyridine rings is 1. The van der Waals surface area contributed by atoms with Crippen molar-refractivity contribution in [2.45, 2.75) is 69.7 Å². The van der Waals surface area contributed by atoms with Crippen LogP contribution in [-0.4, -0.2) is 51.6 Å². The van der Waals surface area contributed by atoms with Gasteiger partial charge in [0.2, 0.25) is 11.8 Å². The molecule has 8 heteroatoms. The molecule has 0 spiro atoms. The molecule has 2 fully saturated rings. The molecular formula is C27H33N5O3. The van der Waals surface area contributed by atoms with Gasteiger partial charge >= 0.3 is 0 Å². The number of fused-ring (bicyclic) bond motifs is 1. The molecule has 0 radical (unpaired) electrons. The van der Waals surface area contributed by atoms with E-state index in [0.29, 0.717) is 24.2 Å². The second-order valence-corrected chi connectivity index (χ2v) is 9.79. The number of aryl methyl sites for hydroxylation is 1. The molecule has 2 amide bonds. The number of hydrogen-bond donors (Lipinski definition) is 4. The Labute approximate surface area is 205 Å². The molecule has 1 aliphatic carbocycles. The number of aliphatic hydroxyl groups excluding tert-OH is 1. The Balaban J connectivity index is 1.57. The number of nitrogens with one attached hydrogen (secondary N) is 3. The average Bonchev–Trinajstić information content (AvgIpc) is 3.48. The quantitative estimate of drug-likeness (QED) is 0.438. The first-order valence-electron chi connectivity index (χ1n) is 12.5. The van der Waals surface area contributed by atoms with E-state index in [9.17, 15) is 14.7 Å². The second kappa shape index (κ2) is 10.2. The van der Waals surface area contributed by atoms with Gasteiger partial charge in [0.25, 0.3) is 0 Å².